The molecule has 6 atom stereocenters. The Morgan fingerprint density at radius 2 is 1.29 bits per heavy atom. The van der Waals surface area contributed by atoms with Crippen molar-refractivity contribution < 1.29 is 22.6 Å². The zero-order valence-corrected chi connectivity index (χ0v) is 28.6. The Bertz CT molecular complexity index is 1370. The van der Waals surface area contributed by atoms with Crippen molar-refractivity contribution in [2.75, 3.05) is 14.2 Å². The second kappa shape index (κ2) is 14.7. The minimum Gasteiger partial charge on any atom is -0.381 e. The number of benzene rings is 3. The smallest absolute Gasteiger partial charge is 0.381 e. The van der Waals surface area contributed by atoms with Gasteiger partial charge in [-0.1, -0.05) is 94.4 Å². The molecule has 6 heteroatoms. The summed E-state index contributed by atoms with van der Waals surface area (Å²) in [5.74, 6) is 2.00. The van der Waals surface area contributed by atoms with E-state index < -0.39 is 11.7 Å². The van der Waals surface area contributed by atoms with Gasteiger partial charge in [0.1, 0.15) is 0 Å². The van der Waals surface area contributed by atoms with E-state index in [1.54, 1.807) is 12.1 Å². The lowest BCUT2D eigenvalue weighted by Crippen LogP contribution is -2.43. The van der Waals surface area contributed by atoms with Gasteiger partial charge in [0.05, 0.1) is 17.8 Å². The fourth-order valence-corrected chi connectivity index (χ4v) is 11.3. The molecular formula is C39H50F3O2P. The fraction of sp³-hybridized carbons (Fsp3) is 0.538. The predicted octanol–water partition coefficient (Wildman–Crippen LogP) is 11.1. The molecule has 3 aromatic carbocycles. The molecule has 244 valence electrons. The average molecular weight is 639 g/mol. The van der Waals surface area contributed by atoms with Crippen LogP contribution in [0.25, 0.3) is 22.3 Å². The first-order valence-electron chi connectivity index (χ1n) is 16.7. The largest absolute Gasteiger partial charge is 0.417 e. The molecule has 0 aliphatic heterocycles. The highest BCUT2D eigenvalue weighted by Gasteiger charge is 2.45. The lowest BCUT2D eigenvalue weighted by molar-refractivity contribution is -0.137. The number of methoxy groups -OCH3 is 2. The van der Waals surface area contributed by atoms with E-state index in [0.29, 0.717) is 35.0 Å². The summed E-state index contributed by atoms with van der Waals surface area (Å²) in [5, 5.41) is 0. The molecule has 0 bridgehead atoms. The van der Waals surface area contributed by atoms with Crippen molar-refractivity contribution in [3.63, 3.8) is 0 Å². The molecule has 2 aliphatic carbocycles. The first kappa shape index (κ1) is 34.1. The third-order valence-electron chi connectivity index (χ3n) is 10.7. The van der Waals surface area contributed by atoms with Crippen LogP contribution in [0.5, 0.6) is 0 Å². The molecular weight excluding hydrogens is 588 g/mol. The molecule has 2 nitrogen and oxygen atoms in total. The number of hydrogen-bond donors (Lipinski definition) is 0. The number of rotatable bonds is 9. The van der Waals surface area contributed by atoms with E-state index in [-0.39, 0.29) is 23.7 Å². The van der Waals surface area contributed by atoms with Crippen molar-refractivity contribution in [2.45, 2.75) is 95.4 Å². The van der Waals surface area contributed by atoms with Gasteiger partial charge in [-0.15, -0.1) is 8.58 Å². The summed E-state index contributed by atoms with van der Waals surface area (Å²) in [5.41, 5.74) is 4.64. The van der Waals surface area contributed by atoms with E-state index in [2.05, 4.69) is 45.9 Å². The molecule has 45 heavy (non-hydrogen) atoms. The molecule has 0 saturated heterocycles. The second-order valence-electron chi connectivity index (χ2n) is 13.9. The topological polar surface area (TPSA) is 18.5 Å². The summed E-state index contributed by atoms with van der Waals surface area (Å²) in [7, 11) is 4.46. The van der Waals surface area contributed by atoms with Crippen LogP contribution < -0.4 is 0 Å². The van der Waals surface area contributed by atoms with Crippen LogP contribution in [0.2, 0.25) is 0 Å². The van der Waals surface area contributed by atoms with E-state index in [1.165, 1.54) is 12.1 Å². The highest BCUT2D eigenvalue weighted by Crippen LogP contribution is 2.56. The van der Waals surface area contributed by atoms with E-state index in [0.717, 1.165) is 62.9 Å². The van der Waals surface area contributed by atoms with Crippen molar-refractivity contribution in [3.8, 4) is 22.3 Å². The summed E-state index contributed by atoms with van der Waals surface area (Å²) in [4.78, 5) is 0. The Morgan fingerprint density at radius 3 is 1.89 bits per heavy atom. The van der Waals surface area contributed by atoms with Gasteiger partial charge in [-0.25, -0.2) is 0 Å². The molecule has 0 amide bonds. The van der Waals surface area contributed by atoms with Gasteiger partial charge < -0.3 is 9.47 Å². The van der Waals surface area contributed by atoms with Crippen molar-refractivity contribution in [2.24, 2.45) is 23.7 Å². The maximum Gasteiger partial charge on any atom is 0.417 e. The Morgan fingerprint density at radius 1 is 0.689 bits per heavy atom. The van der Waals surface area contributed by atoms with Crippen LogP contribution in [-0.2, 0) is 15.7 Å². The summed E-state index contributed by atoms with van der Waals surface area (Å²) < 4.78 is 55.2. The molecule has 5 rings (SSSR count). The number of alkyl halides is 3. The highest BCUT2D eigenvalue weighted by atomic mass is 31.1. The van der Waals surface area contributed by atoms with Crippen LogP contribution in [0.4, 0.5) is 13.2 Å². The van der Waals surface area contributed by atoms with Gasteiger partial charge >= 0.3 is 6.18 Å². The van der Waals surface area contributed by atoms with Gasteiger partial charge in [-0.3, -0.25) is 0 Å². The van der Waals surface area contributed by atoms with Crippen LogP contribution in [0, 0.1) is 23.7 Å². The minimum absolute atomic E-state index is 0.148. The minimum atomic E-state index is -4.44. The van der Waals surface area contributed by atoms with Crippen molar-refractivity contribution in [3.05, 3.63) is 83.9 Å². The second-order valence-corrected chi connectivity index (χ2v) is 15.6. The van der Waals surface area contributed by atoms with Crippen LogP contribution in [0.1, 0.15) is 76.8 Å². The van der Waals surface area contributed by atoms with Gasteiger partial charge in [0.2, 0.25) is 0 Å². The maximum atomic E-state index is 14.4. The van der Waals surface area contributed by atoms with Crippen LogP contribution in [0.3, 0.4) is 0 Å². The van der Waals surface area contributed by atoms with Gasteiger partial charge in [0.25, 0.3) is 0 Å². The molecule has 0 spiro atoms. The molecule has 0 aromatic heterocycles. The van der Waals surface area contributed by atoms with Crippen molar-refractivity contribution in [1.82, 2.24) is 0 Å². The summed E-state index contributed by atoms with van der Waals surface area (Å²) >= 11 is 0. The molecule has 2 saturated carbocycles. The fourth-order valence-electron chi connectivity index (χ4n) is 8.32. The van der Waals surface area contributed by atoms with E-state index in [1.807, 2.05) is 44.6 Å². The lowest BCUT2D eigenvalue weighted by Gasteiger charge is -2.49. The third kappa shape index (κ3) is 7.53. The molecule has 2 fully saturated rings. The number of ether oxygens (including phenoxy) is 2. The molecule has 0 radical (unpaired) electrons. The first-order valence-corrected chi connectivity index (χ1v) is 17.8. The van der Waals surface area contributed by atoms with Crippen molar-refractivity contribution in [1.29, 1.82) is 0 Å². The Labute approximate surface area is 270 Å². The third-order valence-corrected chi connectivity index (χ3v) is 12.9. The standard InChI is InChI=1S/C39H50F3O2P/c1-24(2)32-21-27(22-33(25(3)4)38(32)45-36-23-28(43-5)19-20-35(36)44-6)37-29(26-13-8-7-9-14-26)16-12-17-31(37)30-15-10-11-18-34(30)39(40,41)42/h7-18,24-25,27-28,32-33,35-36,38,45H,19-23H2,1-6H3. The van der Waals surface area contributed by atoms with Crippen molar-refractivity contribution >= 4 is 8.58 Å². The Balaban J connectivity index is 1.62. The maximum absolute atomic E-state index is 14.4. The summed E-state index contributed by atoms with van der Waals surface area (Å²) in [6.07, 6.45) is 1.18. The van der Waals surface area contributed by atoms with Gasteiger partial charge in [-0.05, 0) is 101 Å². The molecule has 0 heterocycles. The SMILES string of the molecule is COC1CCC(OC)C(PC2C(C(C)C)CC(c3c(-c4ccccc4)cccc3-c3ccccc3C(F)(F)F)CC2C(C)C)C1. The van der Waals surface area contributed by atoms with E-state index >= 15 is 0 Å². The predicted molar refractivity (Wildman–Crippen MR) is 182 cm³/mol. The zero-order valence-electron chi connectivity index (χ0n) is 27.6. The van der Waals surface area contributed by atoms with E-state index in [4.69, 9.17) is 9.47 Å². The highest BCUT2D eigenvalue weighted by molar-refractivity contribution is 7.40. The van der Waals surface area contributed by atoms with E-state index in [9.17, 15) is 13.2 Å². The number of hydrogen-bond acceptors (Lipinski definition) is 2. The average Bonchev–Trinajstić information content (AvgIpc) is 3.04. The monoisotopic (exact) mass is 638 g/mol. The van der Waals surface area contributed by atoms with Crippen LogP contribution >= 0.6 is 8.58 Å². The van der Waals surface area contributed by atoms with Crippen LogP contribution in [-0.4, -0.2) is 37.7 Å². The summed E-state index contributed by atoms with van der Waals surface area (Å²) in [6.45, 7) is 9.38. The Kier molecular flexibility index (Phi) is 11.2. The molecule has 6 unspecified atom stereocenters. The van der Waals surface area contributed by atoms with Gasteiger partial charge in [0, 0.05) is 19.9 Å². The lowest BCUT2D eigenvalue weighted by atomic mass is 9.64. The number of halogens is 3. The molecule has 2 aliphatic rings. The normalized spacial score (nSPS) is 27.9. The summed E-state index contributed by atoms with van der Waals surface area (Å²) in [6, 6.07) is 22.3. The Hall–Kier alpha value is -2.20. The van der Waals surface area contributed by atoms with Gasteiger partial charge in [0.15, 0.2) is 0 Å². The van der Waals surface area contributed by atoms with Gasteiger partial charge in [-0.2, -0.15) is 13.2 Å². The quantitative estimate of drug-likeness (QED) is 0.217. The molecule has 0 N–H and O–H groups in total. The molecule has 3 aromatic rings. The van der Waals surface area contributed by atoms with Crippen LogP contribution in [0.15, 0.2) is 72.8 Å². The zero-order chi connectivity index (χ0) is 32.3. The first-order chi connectivity index (χ1) is 21.5.